The minimum absolute atomic E-state index is 0.381. The van der Waals surface area contributed by atoms with Gasteiger partial charge in [-0.05, 0) is 39.8 Å². The van der Waals surface area contributed by atoms with Crippen LogP contribution in [0.1, 0.15) is 41.9 Å². The van der Waals surface area contributed by atoms with Gasteiger partial charge in [0.05, 0.1) is 16.4 Å². The number of halogens is 1. The van der Waals surface area contributed by atoms with Crippen molar-refractivity contribution in [3.63, 3.8) is 0 Å². The fourth-order valence-electron chi connectivity index (χ4n) is 2.88. The summed E-state index contributed by atoms with van der Waals surface area (Å²) in [6.07, 6.45) is 2.08. The van der Waals surface area contributed by atoms with Crippen LogP contribution >= 0.6 is 11.6 Å². The first-order chi connectivity index (χ1) is 10.0. The zero-order valence-electron chi connectivity index (χ0n) is 12.6. The summed E-state index contributed by atoms with van der Waals surface area (Å²) >= 11 is 6.32. The molecule has 6 nitrogen and oxygen atoms in total. The summed E-state index contributed by atoms with van der Waals surface area (Å²) in [5.41, 5.74) is 1.98. The molecule has 0 N–H and O–H groups in total. The molecule has 7 heteroatoms. The monoisotopic (exact) mass is 309 g/mol. The lowest BCUT2D eigenvalue weighted by Gasteiger charge is -2.30. The lowest BCUT2D eigenvalue weighted by molar-refractivity contribution is 0.184. The summed E-state index contributed by atoms with van der Waals surface area (Å²) < 4.78 is 7.16. The first kappa shape index (κ1) is 14.5. The van der Waals surface area contributed by atoms with E-state index in [1.807, 2.05) is 25.6 Å². The van der Waals surface area contributed by atoms with Crippen molar-refractivity contribution < 1.29 is 4.52 Å². The van der Waals surface area contributed by atoms with Crippen LogP contribution in [0.25, 0.3) is 0 Å². The van der Waals surface area contributed by atoms with Crippen LogP contribution in [0.5, 0.6) is 0 Å². The number of likely N-dealkylation sites (tertiary alicyclic amines) is 1. The standard InChI is InChI=1S/C14H20ClN5O/c1-9-13(15)12(19(3)17-9)8-20-6-4-11(5-7-20)14-16-10(2)18-21-14/h11H,4-8H2,1-3H3. The molecule has 0 spiro atoms. The number of aryl methyl sites for hydroxylation is 3. The van der Waals surface area contributed by atoms with Gasteiger partial charge in [0, 0.05) is 19.5 Å². The Kier molecular flexibility index (Phi) is 3.99. The molecule has 2 aromatic heterocycles. The predicted octanol–water partition coefficient (Wildman–Crippen LogP) is 2.45. The van der Waals surface area contributed by atoms with Crippen molar-refractivity contribution in [2.75, 3.05) is 13.1 Å². The Morgan fingerprint density at radius 1 is 1.29 bits per heavy atom. The molecule has 0 bridgehead atoms. The van der Waals surface area contributed by atoms with Gasteiger partial charge in [-0.15, -0.1) is 0 Å². The highest BCUT2D eigenvalue weighted by Gasteiger charge is 2.26. The van der Waals surface area contributed by atoms with Gasteiger partial charge >= 0.3 is 0 Å². The predicted molar refractivity (Wildman–Crippen MR) is 79.2 cm³/mol. The van der Waals surface area contributed by atoms with Crippen molar-refractivity contribution in [3.8, 4) is 0 Å². The fourth-order valence-corrected chi connectivity index (χ4v) is 3.10. The molecule has 1 fully saturated rings. The van der Waals surface area contributed by atoms with E-state index in [-0.39, 0.29) is 0 Å². The van der Waals surface area contributed by atoms with Crippen molar-refractivity contribution in [2.24, 2.45) is 7.05 Å². The lowest BCUT2D eigenvalue weighted by atomic mass is 9.96. The van der Waals surface area contributed by atoms with E-state index in [4.69, 9.17) is 16.1 Å². The number of rotatable bonds is 3. The number of nitrogens with zero attached hydrogens (tertiary/aromatic N) is 5. The quantitative estimate of drug-likeness (QED) is 0.871. The molecule has 0 atom stereocenters. The molecule has 0 saturated carbocycles. The highest BCUT2D eigenvalue weighted by molar-refractivity contribution is 6.31. The van der Waals surface area contributed by atoms with Gasteiger partial charge < -0.3 is 4.52 Å². The van der Waals surface area contributed by atoms with Gasteiger partial charge in [0.1, 0.15) is 0 Å². The van der Waals surface area contributed by atoms with E-state index in [2.05, 4.69) is 20.1 Å². The Hall–Kier alpha value is -1.40. The minimum atomic E-state index is 0.381. The summed E-state index contributed by atoms with van der Waals surface area (Å²) in [5.74, 6) is 1.87. The average molecular weight is 310 g/mol. The molecule has 3 rings (SSSR count). The van der Waals surface area contributed by atoms with Gasteiger partial charge in [0.2, 0.25) is 5.89 Å². The number of hydrogen-bond donors (Lipinski definition) is 0. The van der Waals surface area contributed by atoms with Gasteiger partial charge in [-0.1, -0.05) is 16.8 Å². The van der Waals surface area contributed by atoms with E-state index in [1.54, 1.807) is 0 Å². The van der Waals surface area contributed by atoms with Crippen molar-refractivity contribution >= 4 is 11.6 Å². The minimum Gasteiger partial charge on any atom is -0.339 e. The Morgan fingerprint density at radius 2 is 2.00 bits per heavy atom. The SMILES string of the molecule is Cc1noc(C2CCN(Cc3c(Cl)c(C)nn3C)CC2)n1. The smallest absolute Gasteiger partial charge is 0.229 e. The van der Waals surface area contributed by atoms with Crippen molar-refractivity contribution in [2.45, 2.75) is 39.2 Å². The molecule has 0 aliphatic carbocycles. The summed E-state index contributed by atoms with van der Waals surface area (Å²) in [7, 11) is 1.95. The summed E-state index contributed by atoms with van der Waals surface area (Å²) in [4.78, 5) is 6.75. The number of aromatic nitrogens is 4. The maximum absolute atomic E-state index is 6.32. The van der Waals surface area contributed by atoms with E-state index >= 15 is 0 Å². The molecule has 2 aromatic rings. The molecule has 0 aromatic carbocycles. The van der Waals surface area contributed by atoms with Crippen LogP contribution in [0.4, 0.5) is 0 Å². The Balaban J connectivity index is 1.61. The highest BCUT2D eigenvalue weighted by atomic mass is 35.5. The van der Waals surface area contributed by atoms with Crippen molar-refractivity contribution in [1.29, 1.82) is 0 Å². The molecule has 0 unspecified atom stereocenters. The van der Waals surface area contributed by atoms with Crippen LogP contribution in [-0.2, 0) is 13.6 Å². The van der Waals surface area contributed by atoms with Gasteiger partial charge in [0.15, 0.2) is 5.82 Å². The molecule has 114 valence electrons. The third-order valence-corrected chi connectivity index (χ3v) is 4.61. The van der Waals surface area contributed by atoms with Crippen LogP contribution in [0.2, 0.25) is 5.02 Å². The van der Waals surface area contributed by atoms with E-state index < -0.39 is 0 Å². The first-order valence-corrected chi connectivity index (χ1v) is 7.63. The molecular formula is C14H20ClN5O. The molecule has 1 aliphatic rings. The fraction of sp³-hybridized carbons (Fsp3) is 0.643. The highest BCUT2D eigenvalue weighted by Crippen LogP contribution is 2.28. The normalized spacial score (nSPS) is 17.5. The zero-order chi connectivity index (χ0) is 15.0. The molecule has 21 heavy (non-hydrogen) atoms. The van der Waals surface area contributed by atoms with E-state index in [1.165, 1.54) is 0 Å². The number of hydrogen-bond acceptors (Lipinski definition) is 5. The van der Waals surface area contributed by atoms with Crippen LogP contribution in [0.3, 0.4) is 0 Å². The lowest BCUT2D eigenvalue weighted by Crippen LogP contribution is -2.33. The largest absolute Gasteiger partial charge is 0.339 e. The topological polar surface area (TPSA) is 60.0 Å². The zero-order valence-corrected chi connectivity index (χ0v) is 13.4. The van der Waals surface area contributed by atoms with Crippen LogP contribution < -0.4 is 0 Å². The van der Waals surface area contributed by atoms with Gasteiger partial charge in [-0.25, -0.2) is 0 Å². The van der Waals surface area contributed by atoms with Gasteiger partial charge in [-0.2, -0.15) is 10.1 Å². The number of piperidine rings is 1. The summed E-state index contributed by atoms with van der Waals surface area (Å²) in [6.45, 7) is 6.65. The van der Waals surface area contributed by atoms with E-state index in [9.17, 15) is 0 Å². The van der Waals surface area contributed by atoms with Crippen LogP contribution in [0, 0.1) is 13.8 Å². The van der Waals surface area contributed by atoms with E-state index in [0.29, 0.717) is 11.7 Å². The molecule has 1 saturated heterocycles. The third-order valence-electron chi connectivity index (χ3n) is 4.12. The second-order valence-electron chi connectivity index (χ2n) is 5.70. The Labute approximate surface area is 129 Å². The maximum Gasteiger partial charge on any atom is 0.229 e. The maximum atomic E-state index is 6.32. The second-order valence-corrected chi connectivity index (χ2v) is 6.08. The van der Waals surface area contributed by atoms with Crippen LogP contribution in [0.15, 0.2) is 4.52 Å². The van der Waals surface area contributed by atoms with Crippen molar-refractivity contribution in [1.82, 2.24) is 24.8 Å². The molecule has 0 amide bonds. The second kappa shape index (κ2) is 5.77. The van der Waals surface area contributed by atoms with Crippen LogP contribution in [-0.4, -0.2) is 37.9 Å². The van der Waals surface area contributed by atoms with Crippen molar-refractivity contribution in [3.05, 3.63) is 28.1 Å². The van der Waals surface area contributed by atoms with E-state index in [0.717, 1.165) is 54.8 Å². The summed E-state index contributed by atoms with van der Waals surface area (Å²) in [5, 5.41) is 9.03. The Morgan fingerprint density at radius 3 is 2.52 bits per heavy atom. The Bertz CT molecular complexity index is 627. The van der Waals surface area contributed by atoms with Gasteiger partial charge in [-0.3, -0.25) is 9.58 Å². The molecule has 0 radical (unpaired) electrons. The first-order valence-electron chi connectivity index (χ1n) is 7.25. The third kappa shape index (κ3) is 2.96. The molecule has 1 aliphatic heterocycles. The molecule has 3 heterocycles. The summed E-state index contributed by atoms with van der Waals surface area (Å²) in [6, 6.07) is 0. The average Bonchev–Trinajstić information content (AvgIpc) is 2.99. The molecular weight excluding hydrogens is 290 g/mol. The van der Waals surface area contributed by atoms with Gasteiger partial charge in [0.25, 0.3) is 0 Å².